The Morgan fingerprint density at radius 2 is 1.17 bits per heavy atom. The van der Waals surface area contributed by atoms with E-state index in [1.54, 1.807) is 60.2 Å². The molecule has 6 rings (SSSR count). The molecule has 0 bridgehead atoms. The summed E-state index contributed by atoms with van der Waals surface area (Å²) in [6.45, 7) is 1.92. The Morgan fingerprint density at radius 3 is 1.60 bits per heavy atom. The van der Waals surface area contributed by atoms with E-state index in [1.165, 1.54) is 53.1 Å². The molecule has 0 saturated carbocycles. The van der Waals surface area contributed by atoms with Crippen LogP contribution in [0.3, 0.4) is 0 Å². The average Bonchev–Trinajstić information content (AvgIpc) is 3.65. The number of rotatable bonds is 7. The van der Waals surface area contributed by atoms with Crippen LogP contribution in [0.5, 0.6) is 11.5 Å². The van der Waals surface area contributed by atoms with Gasteiger partial charge in [0, 0.05) is 35.9 Å². The van der Waals surface area contributed by atoms with Crippen LogP contribution in [0.2, 0.25) is 0 Å². The standard InChI is InChI=1S/C17H13F3N2O3.C15H9F3N2O3/c1-2-24-16(23)13-7-4-8-22-10-14(21-15(13)22)11-5-3-6-12(9-11)25-17(18,19)20;16-15(17,18)23-10-4-1-3-9(7-10)12-8-20-6-2-5-11(14(21)22)13(20)19-12/h3-10H,2H2,1H3;1-8H,(H,21,22). The van der Waals surface area contributed by atoms with Crippen LogP contribution in [0.25, 0.3) is 33.8 Å². The van der Waals surface area contributed by atoms with Crippen molar-refractivity contribution in [1.82, 2.24) is 18.8 Å². The first-order chi connectivity index (χ1) is 22.7. The highest BCUT2D eigenvalue weighted by atomic mass is 19.4. The number of nitrogens with zero attached hydrogens (tertiary/aromatic N) is 4. The summed E-state index contributed by atoms with van der Waals surface area (Å²) in [7, 11) is 0. The number of pyridine rings is 2. The maximum atomic E-state index is 12.4. The number of aromatic nitrogens is 4. The molecule has 0 fully saturated rings. The van der Waals surface area contributed by atoms with Crippen LogP contribution >= 0.6 is 0 Å². The van der Waals surface area contributed by atoms with Gasteiger partial charge in [-0.15, -0.1) is 26.3 Å². The van der Waals surface area contributed by atoms with Gasteiger partial charge in [0.1, 0.15) is 22.6 Å². The Morgan fingerprint density at radius 1 is 0.708 bits per heavy atom. The van der Waals surface area contributed by atoms with E-state index in [0.717, 1.165) is 0 Å². The summed E-state index contributed by atoms with van der Waals surface area (Å²) >= 11 is 0. The quantitative estimate of drug-likeness (QED) is 0.136. The number of carbonyl (C=O) groups excluding carboxylic acids is 1. The van der Waals surface area contributed by atoms with Crippen molar-refractivity contribution < 1.29 is 55.2 Å². The third kappa shape index (κ3) is 8.01. The number of carbonyl (C=O) groups is 2. The Bertz CT molecular complexity index is 2100. The first-order valence-corrected chi connectivity index (χ1v) is 13.8. The maximum Gasteiger partial charge on any atom is 0.573 e. The summed E-state index contributed by atoms with van der Waals surface area (Å²) in [5, 5.41) is 9.14. The number of benzene rings is 2. The lowest BCUT2D eigenvalue weighted by Crippen LogP contribution is -2.17. The normalized spacial score (nSPS) is 11.6. The monoisotopic (exact) mass is 672 g/mol. The molecule has 0 aliphatic heterocycles. The minimum absolute atomic E-state index is 0.00134. The molecule has 10 nitrogen and oxygen atoms in total. The molecule has 0 amide bonds. The highest BCUT2D eigenvalue weighted by molar-refractivity contribution is 5.96. The summed E-state index contributed by atoms with van der Waals surface area (Å²) in [5.74, 6) is -2.36. The van der Waals surface area contributed by atoms with Crippen LogP contribution in [0, 0.1) is 0 Å². The van der Waals surface area contributed by atoms with Crippen molar-refractivity contribution in [1.29, 1.82) is 0 Å². The van der Waals surface area contributed by atoms with E-state index in [4.69, 9.17) is 9.84 Å². The zero-order valence-electron chi connectivity index (χ0n) is 24.5. The number of carboxylic acid groups (broad SMARTS) is 1. The first kappa shape index (κ1) is 33.3. The zero-order chi connectivity index (χ0) is 34.6. The second-order valence-corrected chi connectivity index (χ2v) is 9.73. The smallest absolute Gasteiger partial charge is 0.478 e. The number of halogens is 6. The van der Waals surface area contributed by atoms with Gasteiger partial charge in [-0.25, -0.2) is 19.6 Å². The molecule has 48 heavy (non-hydrogen) atoms. The van der Waals surface area contributed by atoms with E-state index >= 15 is 0 Å². The lowest BCUT2D eigenvalue weighted by atomic mass is 10.1. The molecule has 0 spiro atoms. The molecular formula is C32H22F6N4O6. The molecule has 0 atom stereocenters. The predicted molar refractivity (Wildman–Crippen MR) is 158 cm³/mol. The van der Waals surface area contributed by atoms with Gasteiger partial charge >= 0.3 is 24.7 Å². The van der Waals surface area contributed by atoms with Gasteiger partial charge < -0.3 is 28.1 Å². The number of esters is 1. The lowest BCUT2D eigenvalue weighted by molar-refractivity contribution is -0.275. The lowest BCUT2D eigenvalue weighted by Gasteiger charge is -2.09. The van der Waals surface area contributed by atoms with E-state index in [1.807, 2.05) is 0 Å². The topological polar surface area (TPSA) is 117 Å². The van der Waals surface area contributed by atoms with Crippen LogP contribution in [0.4, 0.5) is 26.3 Å². The van der Waals surface area contributed by atoms with Crippen molar-refractivity contribution >= 4 is 23.2 Å². The van der Waals surface area contributed by atoms with Crippen molar-refractivity contribution in [3.8, 4) is 34.0 Å². The molecule has 0 aliphatic carbocycles. The molecule has 4 heterocycles. The van der Waals surface area contributed by atoms with Crippen molar-refractivity contribution in [2.75, 3.05) is 6.61 Å². The minimum Gasteiger partial charge on any atom is -0.478 e. The molecule has 248 valence electrons. The summed E-state index contributed by atoms with van der Waals surface area (Å²) in [4.78, 5) is 31.7. The number of carboxylic acids is 1. The van der Waals surface area contributed by atoms with Crippen molar-refractivity contribution in [2.45, 2.75) is 19.6 Å². The largest absolute Gasteiger partial charge is 0.573 e. The van der Waals surface area contributed by atoms with Crippen molar-refractivity contribution in [2.24, 2.45) is 0 Å². The Balaban J connectivity index is 0.000000188. The summed E-state index contributed by atoms with van der Waals surface area (Å²) in [6, 6.07) is 17.0. The summed E-state index contributed by atoms with van der Waals surface area (Å²) < 4.78 is 89.8. The fraction of sp³-hybridized carbons (Fsp3) is 0.125. The number of ether oxygens (including phenoxy) is 3. The van der Waals surface area contributed by atoms with Gasteiger partial charge in [-0.1, -0.05) is 24.3 Å². The Hall–Kier alpha value is -6.06. The third-order valence-electron chi connectivity index (χ3n) is 6.42. The third-order valence-corrected chi connectivity index (χ3v) is 6.42. The van der Waals surface area contributed by atoms with E-state index < -0.39 is 24.7 Å². The molecule has 6 aromatic rings. The highest BCUT2D eigenvalue weighted by Crippen LogP contribution is 2.30. The highest BCUT2D eigenvalue weighted by Gasteiger charge is 2.32. The van der Waals surface area contributed by atoms with Gasteiger partial charge in [-0.05, 0) is 55.5 Å². The number of alkyl halides is 6. The molecule has 0 radical (unpaired) electrons. The average molecular weight is 673 g/mol. The predicted octanol–water partition coefficient (Wildman–Crippen LogP) is 7.67. The molecule has 0 saturated heterocycles. The van der Waals surface area contributed by atoms with Gasteiger partial charge in [-0.2, -0.15) is 0 Å². The number of hydrogen-bond donors (Lipinski definition) is 1. The number of aromatic carboxylic acids is 1. The molecule has 16 heteroatoms. The second kappa shape index (κ2) is 13.4. The van der Waals surface area contributed by atoms with Crippen LogP contribution in [0.15, 0.2) is 97.6 Å². The van der Waals surface area contributed by atoms with Gasteiger partial charge in [0.05, 0.1) is 18.0 Å². The molecule has 0 unspecified atom stereocenters. The summed E-state index contributed by atoms with van der Waals surface area (Å²) in [5.41, 5.74) is 2.40. The van der Waals surface area contributed by atoms with E-state index in [-0.39, 0.29) is 34.9 Å². The van der Waals surface area contributed by atoms with Gasteiger partial charge in [0.2, 0.25) is 0 Å². The maximum absolute atomic E-state index is 12.4. The fourth-order valence-electron chi connectivity index (χ4n) is 4.54. The number of hydrogen-bond acceptors (Lipinski definition) is 7. The Kier molecular flexibility index (Phi) is 9.26. The van der Waals surface area contributed by atoms with E-state index in [0.29, 0.717) is 28.2 Å². The van der Waals surface area contributed by atoms with Gasteiger partial charge in [-0.3, -0.25) is 0 Å². The second-order valence-electron chi connectivity index (χ2n) is 9.73. The molecular weight excluding hydrogens is 650 g/mol. The minimum atomic E-state index is -4.78. The summed E-state index contributed by atoms with van der Waals surface area (Å²) in [6.07, 6.45) is -3.11. The van der Waals surface area contributed by atoms with Crippen LogP contribution in [-0.2, 0) is 4.74 Å². The zero-order valence-corrected chi connectivity index (χ0v) is 24.5. The molecule has 2 aromatic carbocycles. The van der Waals surface area contributed by atoms with E-state index in [9.17, 15) is 35.9 Å². The van der Waals surface area contributed by atoms with Gasteiger partial charge in [0.25, 0.3) is 0 Å². The van der Waals surface area contributed by atoms with Crippen LogP contribution in [-0.4, -0.2) is 55.1 Å². The Labute approximate surface area is 266 Å². The fourth-order valence-corrected chi connectivity index (χ4v) is 4.54. The van der Waals surface area contributed by atoms with Gasteiger partial charge in [0.15, 0.2) is 11.3 Å². The van der Waals surface area contributed by atoms with Crippen molar-refractivity contribution in [3.63, 3.8) is 0 Å². The molecule has 1 N–H and O–H groups in total. The molecule has 4 aromatic heterocycles. The van der Waals surface area contributed by atoms with Crippen molar-refractivity contribution in [3.05, 3.63) is 109 Å². The molecule has 0 aliphatic rings. The van der Waals surface area contributed by atoms with Crippen LogP contribution in [0.1, 0.15) is 27.6 Å². The number of fused-ring (bicyclic) bond motifs is 2. The SMILES string of the molecule is CCOC(=O)c1cccn2cc(-c3cccc(OC(F)(F)F)c3)nc12.O=C(O)c1cccn2cc(-c3cccc(OC(F)(F)F)c3)nc12. The first-order valence-electron chi connectivity index (χ1n) is 13.8. The number of imidazole rings is 2. The van der Waals surface area contributed by atoms with E-state index in [2.05, 4.69) is 19.4 Å². The van der Waals surface area contributed by atoms with Crippen LogP contribution < -0.4 is 9.47 Å².